The lowest BCUT2D eigenvalue weighted by atomic mass is 9.94. The molecule has 1 aliphatic rings. The van der Waals surface area contributed by atoms with Crippen LogP contribution < -0.4 is 5.73 Å². The van der Waals surface area contributed by atoms with Crippen LogP contribution >= 0.6 is 0 Å². The first-order valence-electron chi connectivity index (χ1n) is 4.28. The van der Waals surface area contributed by atoms with Crippen molar-refractivity contribution in [2.75, 3.05) is 19.8 Å². The van der Waals surface area contributed by atoms with Gasteiger partial charge in [0.25, 0.3) is 0 Å². The van der Waals surface area contributed by atoms with Crippen molar-refractivity contribution < 1.29 is 9.84 Å². The molecule has 2 atom stereocenters. The number of aliphatic hydroxyl groups is 1. The van der Waals surface area contributed by atoms with E-state index in [0.717, 1.165) is 32.5 Å². The van der Waals surface area contributed by atoms with Crippen LogP contribution in [-0.4, -0.2) is 31.0 Å². The second kappa shape index (κ2) is 4.70. The quantitative estimate of drug-likeness (QED) is 0.571. The van der Waals surface area contributed by atoms with Crippen molar-refractivity contribution in [2.24, 2.45) is 11.7 Å². The van der Waals surface area contributed by atoms with Gasteiger partial charge in [-0.3, -0.25) is 0 Å². The van der Waals surface area contributed by atoms with E-state index in [9.17, 15) is 0 Å². The van der Waals surface area contributed by atoms with Crippen molar-refractivity contribution >= 4 is 0 Å². The Morgan fingerprint density at radius 3 is 2.91 bits per heavy atom. The summed E-state index contributed by atoms with van der Waals surface area (Å²) in [6.45, 7) is 1.77. The summed E-state index contributed by atoms with van der Waals surface area (Å²) in [6, 6.07) is 0.170. The summed E-state index contributed by atoms with van der Waals surface area (Å²) in [7, 11) is 0. The van der Waals surface area contributed by atoms with Gasteiger partial charge in [-0.2, -0.15) is 0 Å². The molecule has 3 N–H and O–H groups in total. The number of hydrogen-bond acceptors (Lipinski definition) is 3. The highest BCUT2D eigenvalue weighted by Gasteiger charge is 2.18. The average Bonchev–Trinajstić information content (AvgIpc) is 1.98. The van der Waals surface area contributed by atoms with Crippen molar-refractivity contribution in [1.82, 2.24) is 0 Å². The molecule has 0 aromatic rings. The van der Waals surface area contributed by atoms with E-state index in [-0.39, 0.29) is 18.6 Å². The van der Waals surface area contributed by atoms with Gasteiger partial charge < -0.3 is 15.6 Å². The van der Waals surface area contributed by atoms with E-state index in [2.05, 4.69) is 0 Å². The van der Waals surface area contributed by atoms with E-state index in [0.29, 0.717) is 0 Å². The summed E-state index contributed by atoms with van der Waals surface area (Å²) >= 11 is 0. The molecular formula is C8H17NO2. The van der Waals surface area contributed by atoms with Crippen LogP contribution in [0.2, 0.25) is 0 Å². The largest absolute Gasteiger partial charge is 0.396 e. The highest BCUT2D eigenvalue weighted by molar-refractivity contribution is 4.73. The molecule has 0 spiro atoms. The number of nitrogens with two attached hydrogens (primary N) is 1. The van der Waals surface area contributed by atoms with Gasteiger partial charge in [0.2, 0.25) is 0 Å². The fourth-order valence-electron chi connectivity index (χ4n) is 1.43. The van der Waals surface area contributed by atoms with Crippen molar-refractivity contribution in [2.45, 2.75) is 25.3 Å². The van der Waals surface area contributed by atoms with Gasteiger partial charge in [-0.1, -0.05) is 0 Å². The van der Waals surface area contributed by atoms with Gasteiger partial charge in [0.1, 0.15) is 0 Å². The van der Waals surface area contributed by atoms with Gasteiger partial charge in [0.05, 0.1) is 0 Å². The summed E-state index contributed by atoms with van der Waals surface area (Å²) in [6.07, 6.45) is 2.90. The topological polar surface area (TPSA) is 55.5 Å². The fraction of sp³-hybridized carbons (Fsp3) is 1.00. The Morgan fingerprint density at radius 2 is 2.18 bits per heavy atom. The van der Waals surface area contributed by atoms with Gasteiger partial charge >= 0.3 is 0 Å². The highest BCUT2D eigenvalue weighted by atomic mass is 16.5. The maximum absolute atomic E-state index is 8.94. The Kier molecular flexibility index (Phi) is 3.83. The Labute approximate surface area is 67.5 Å². The minimum absolute atomic E-state index is 0.170. The van der Waals surface area contributed by atoms with Gasteiger partial charge in [0.15, 0.2) is 0 Å². The van der Waals surface area contributed by atoms with Gasteiger partial charge in [-0.05, 0) is 25.2 Å². The molecule has 0 unspecified atom stereocenters. The van der Waals surface area contributed by atoms with Crippen LogP contribution in [-0.2, 0) is 4.74 Å². The van der Waals surface area contributed by atoms with E-state index in [1.54, 1.807) is 0 Å². The third kappa shape index (κ3) is 2.77. The fourth-order valence-corrected chi connectivity index (χ4v) is 1.43. The first kappa shape index (κ1) is 8.97. The highest BCUT2D eigenvalue weighted by Crippen LogP contribution is 2.14. The SMILES string of the molecule is N[C@H]1CCCOCC[C@@H]1CO. The van der Waals surface area contributed by atoms with Crippen molar-refractivity contribution in [3.8, 4) is 0 Å². The van der Waals surface area contributed by atoms with Crippen LogP contribution in [0.4, 0.5) is 0 Å². The smallest absolute Gasteiger partial charge is 0.0474 e. The lowest BCUT2D eigenvalue weighted by molar-refractivity contribution is 0.0755. The molecule has 1 rings (SSSR count). The molecule has 0 aliphatic carbocycles. The van der Waals surface area contributed by atoms with E-state index in [1.165, 1.54) is 0 Å². The molecule has 0 aromatic heterocycles. The molecule has 1 fully saturated rings. The molecule has 0 saturated carbocycles. The third-order valence-electron chi connectivity index (χ3n) is 2.30. The number of aliphatic hydroxyl groups excluding tert-OH is 1. The summed E-state index contributed by atoms with van der Waals surface area (Å²) in [5, 5.41) is 8.94. The first-order chi connectivity index (χ1) is 5.34. The Morgan fingerprint density at radius 1 is 1.36 bits per heavy atom. The number of ether oxygens (including phenoxy) is 1. The van der Waals surface area contributed by atoms with Crippen molar-refractivity contribution in [3.63, 3.8) is 0 Å². The standard InChI is InChI=1S/C8H17NO2/c9-8-2-1-4-11-5-3-7(8)6-10/h7-8,10H,1-6,9H2/t7-,8+/m1/s1. The second-order valence-electron chi connectivity index (χ2n) is 3.15. The molecular weight excluding hydrogens is 142 g/mol. The monoisotopic (exact) mass is 159 g/mol. The van der Waals surface area contributed by atoms with E-state index >= 15 is 0 Å². The van der Waals surface area contributed by atoms with Crippen LogP contribution in [0, 0.1) is 5.92 Å². The number of rotatable bonds is 1. The molecule has 1 heterocycles. The van der Waals surface area contributed by atoms with E-state index in [4.69, 9.17) is 15.6 Å². The summed E-state index contributed by atoms with van der Waals surface area (Å²) in [5.74, 6) is 0.246. The second-order valence-corrected chi connectivity index (χ2v) is 3.15. The van der Waals surface area contributed by atoms with E-state index in [1.807, 2.05) is 0 Å². The first-order valence-corrected chi connectivity index (χ1v) is 4.28. The van der Waals surface area contributed by atoms with Crippen LogP contribution in [0.1, 0.15) is 19.3 Å². The zero-order chi connectivity index (χ0) is 8.10. The summed E-state index contributed by atoms with van der Waals surface area (Å²) in [4.78, 5) is 0. The predicted octanol–water partition coefficient (Wildman–Crippen LogP) is 0.123. The number of hydrogen-bond donors (Lipinski definition) is 2. The molecule has 66 valence electrons. The Balaban J connectivity index is 2.33. The molecule has 11 heavy (non-hydrogen) atoms. The minimum atomic E-state index is 0.170. The summed E-state index contributed by atoms with van der Waals surface area (Å²) < 4.78 is 5.29. The lowest BCUT2D eigenvalue weighted by Gasteiger charge is -2.24. The van der Waals surface area contributed by atoms with Crippen LogP contribution in [0.3, 0.4) is 0 Å². The predicted molar refractivity (Wildman–Crippen MR) is 43.2 cm³/mol. The third-order valence-corrected chi connectivity index (χ3v) is 2.30. The molecule has 0 bridgehead atoms. The maximum atomic E-state index is 8.94. The molecule has 3 nitrogen and oxygen atoms in total. The maximum Gasteiger partial charge on any atom is 0.0474 e. The van der Waals surface area contributed by atoms with Crippen molar-refractivity contribution in [3.05, 3.63) is 0 Å². The van der Waals surface area contributed by atoms with Crippen molar-refractivity contribution in [1.29, 1.82) is 0 Å². The van der Waals surface area contributed by atoms with Crippen LogP contribution in [0.25, 0.3) is 0 Å². The molecule has 1 aliphatic heterocycles. The van der Waals surface area contributed by atoms with Gasteiger partial charge in [0, 0.05) is 25.9 Å². The zero-order valence-electron chi connectivity index (χ0n) is 6.83. The molecule has 0 radical (unpaired) electrons. The normalized spacial score (nSPS) is 34.4. The Hall–Kier alpha value is -0.120. The van der Waals surface area contributed by atoms with Crippen LogP contribution in [0.5, 0.6) is 0 Å². The minimum Gasteiger partial charge on any atom is -0.396 e. The summed E-state index contributed by atoms with van der Waals surface area (Å²) in [5.41, 5.74) is 5.84. The van der Waals surface area contributed by atoms with E-state index < -0.39 is 0 Å². The average molecular weight is 159 g/mol. The molecule has 0 amide bonds. The molecule has 1 saturated heterocycles. The zero-order valence-corrected chi connectivity index (χ0v) is 6.83. The van der Waals surface area contributed by atoms with Crippen LogP contribution in [0.15, 0.2) is 0 Å². The van der Waals surface area contributed by atoms with Gasteiger partial charge in [-0.15, -0.1) is 0 Å². The molecule has 3 heteroatoms. The lowest BCUT2D eigenvalue weighted by Crippen LogP contribution is -2.34. The molecule has 0 aromatic carbocycles. The van der Waals surface area contributed by atoms with Gasteiger partial charge in [-0.25, -0.2) is 0 Å². The Bertz CT molecular complexity index is 108.